The fourth-order valence-electron chi connectivity index (χ4n) is 1.81. The first-order valence-corrected chi connectivity index (χ1v) is 6.17. The highest BCUT2D eigenvalue weighted by Crippen LogP contribution is 2.15. The molecule has 2 aromatic rings. The van der Waals surface area contributed by atoms with Gasteiger partial charge in [0.15, 0.2) is 12.4 Å². The van der Waals surface area contributed by atoms with Crippen molar-refractivity contribution < 1.29 is 24.2 Å². The van der Waals surface area contributed by atoms with Crippen molar-refractivity contribution in [3.63, 3.8) is 0 Å². The number of hydrogen-bond donors (Lipinski definition) is 1. The van der Waals surface area contributed by atoms with Crippen molar-refractivity contribution in [1.29, 1.82) is 0 Å². The first-order chi connectivity index (χ1) is 10.1. The number of carboxylic acid groups (broad SMARTS) is 1. The molecule has 0 radical (unpaired) electrons. The molecule has 0 spiro atoms. The maximum Gasteiger partial charge on any atom is 0.341 e. The molecule has 5 nitrogen and oxygen atoms in total. The van der Waals surface area contributed by atoms with Crippen LogP contribution in [-0.4, -0.2) is 29.4 Å². The van der Waals surface area contributed by atoms with Crippen LogP contribution in [0.4, 0.5) is 0 Å². The Kier molecular flexibility index (Phi) is 4.46. The molecule has 0 aliphatic heterocycles. The lowest BCUT2D eigenvalue weighted by Crippen LogP contribution is -2.16. The van der Waals surface area contributed by atoms with Gasteiger partial charge in [0.25, 0.3) is 0 Å². The average molecular weight is 284 g/mol. The molecular weight excluding hydrogens is 272 g/mol. The van der Waals surface area contributed by atoms with E-state index in [4.69, 9.17) is 5.11 Å². The summed E-state index contributed by atoms with van der Waals surface area (Å²) in [6.07, 6.45) is 0. The summed E-state index contributed by atoms with van der Waals surface area (Å²) in [7, 11) is 0. The fraction of sp³-hybridized carbons (Fsp3) is 0.0625. The van der Waals surface area contributed by atoms with Crippen molar-refractivity contribution in [2.45, 2.75) is 0 Å². The van der Waals surface area contributed by atoms with Crippen LogP contribution in [0.2, 0.25) is 0 Å². The van der Waals surface area contributed by atoms with Crippen LogP contribution in [0.1, 0.15) is 26.3 Å². The Morgan fingerprint density at radius 3 is 2.05 bits per heavy atom. The van der Waals surface area contributed by atoms with Gasteiger partial charge in [-0.05, 0) is 6.07 Å². The maximum absolute atomic E-state index is 12.4. The molecule has 106 valence electrons. The van der Waals surface area contributed by atoms with Crippen LogP contribution >= 0.6 is 0 Å². The van der Waals surface area contributed by atoms with Gasteiger partial charge < -0.3 is 9.84 Å². The van der Waals surface area contributed by atoms with Gasteiger partial charge in [-0.3, -0.25) is 4.79 Å². The zero-order valence-electron chi connectivity index (χ0n) is 11.0. The number of esters is 1. The molecule has 0 unspecified atom stereocenters. The van der Waals surface area contributed by atoms with E-state index in [-0.39, 0.29) is 16.9 Å². The Morgan fingerprint density at radius 1 is 0.857 bits per heavy atom. The van der Waals surface area contributed by atoms with Gasteiger partial charge in [0.1, 0.15) is 0 Å². The number of hydrogen-bond acceptors (Lipinski definition) is 4. The summed E-state index contributed by atoms with van der Waals surface area (Å²) in [6, 6.07) is 14.7. The first kappa shape index (κ1) is 14.5. The molecule has 0 aliphatic carbocycles. The standard InChI is InChI=1S/C16H12O5/c17-14(18)10-21-16(20)13-9-5-4-8-12(13)15(19)11-6-2-1-3-7-11/h1-9H,10H2,(H,17,18). The Bertz CT molecular complexity index is 676. The van der Waals surface area contributed by atoms with Crippen LogP contribution in [0.15, 0.2) is 54.6 Å². The number of ether oxygens (including phenoxy) is 1. The SMILES string of the molecule is O=C(O)COC(=O)c1ccccc1C(=O)c1ccccc1. The van der Waals surface area contributed by atoms with Crippen molar-refractivity contribution >= 4 is 17.7 Å². The normalized spacial score (nSPS) is 9.90. The average Bonchev–Trinajstić information content (AvgIpc) is 2.52. The number of benzene rings is 2. The quantitative estimate of drug-likeness (QED) is 0.672. The predicted molar refractivity (Wildman–Crippen MR) is 74.2 cm³/mol. The summed E-state index contributed by atoms with van der Waals surface area (Å²) in [6.45, 7) is -0.743. The van der Waals surface area contributed by atoms with Crippen molar-refractivity contribution in [3.05, 3.63) is 71.3 Å². The van der Waals surface area contributed by atoms with Crippen LogP contribution in [0, 0.1) is 0 Å². The summed E-state index contributed by atoms with van der Waals surface area (Å²) in [5.41, 5.74) is 0.669. The molecule has 0 saturated heterocycles. The zero-order chi connectivity index (χ0) is 15.2. The van der Waals surface area contributed by atoms with E-state index in [0.717, 1.165) is 0 Å². The van der Waals surface area contributed by atoms with E-state index < -0.39 is 18.5 Å². The predicted octanol–water partition coefficient (Wildman–Crippen LogP) is 2.16. The molecule has 21 heavy (non-hydrogen) atoms. The zero-order valence-corrected chi connectivity index (χ0v) is 11.0. The van der Waals surface area contributed by atoms with Gasteiger partial charge in [-0.2, -0.15) is 0 Å². The largest absolute Gasteiger partial charge is 0.479 e. The minimum atomic E-state index is -1.25. The van der Waals surface area contributed by atoms with E-state index in [1.165, 1.54) is 12.1 Å². The van der Waals surface area contributed by atoms with E-state index in [0.29, 0.717) is 5.56 Å². The molecule has 0 fully saturated rings. The summed E-state index contributed by atoms with van der Waals surface area (Å²) >= 11 is 0. The summed E-state index contributed by atoms with van der Waals surface area (Å²) in [5.74, 6) is -2.41. The lowest BCUT2D eigenvalue weighted by molar-refractivity contribution is -0.140. The van der Waals surface area contributed by atoms with Gasteiger partial charge in [0.05, 0.1) is 5.56 Å². The van der Waals surface area contributed by atoms with E-state index in [2.05, 4.69) is 4.74 Å². The highest BCUT2D eigenvalue weighted by atomic mass is 16.5. The van der Waals surface area contributed by atoms with Crippen LogP contribution in [-0.2, 0) is 9.53 Å². The minimum absolute atomic E-state index is 0.0487. The maximum atomic E-state index is 12.4. The highest BCUT2D eigenvalue weighted by Gasteiger charge is 2.19. The van der Waals surface area contributed by atoms with Crippen LogP contribution in [0.5, 0.6) is 0 Å². The molecule has 2 aromatic carbocycles. The molecule has 0 aromatic heterocycles. The Hall–Kier alpha value is -2.95. The van der Waals surface area contributed by atoms with Crippen LogP contribution in [0.3, 0.4) is 0 Å². The number of rotatable bonds is 5. The van der Waals surface area contributed by atoms with Crippen molar-refractivity contribution in [2.24, 2.45) is 0 Å². The minimum Gasteiger partial charge on any atom is -0.479 e. The number of carbonyl (C=O) groups is 3. The number of ketones is 1. The van der Waals surface area contributed by atoms with Crippen molar-refractivity contribution in [2.75, 3.05) is 6.61 Å². The van der Waals surface area contributed by atoms with Gasteiger partial charge >= 0.3 is 11.9 Å². The van der Waals surface area contributed by atoms with E-state index in [9.17, 15) is 14.4 Å². The number of aliphatic carboxylic acids is 1. The first-order valence-electron chi connectivity index (χ1n) is 6.17. The monoisotopic (exact) mass is 284 g/mol. The molecule has 0 aliphatic rings. The van der Waals surface area contributed by atoms with Crippen LogP contribution in [0.25, 0.3) is 0 Å². The summed E-state index contributed by atoms with van der Waals surface area (Å²) < 4.78 is 4.63. The van der Waals surface area contributed by atoms with Crippen LogP contribution < -0.4 is 0 Å². The molecule has 0 heterocycles. The van der Waals surface area contributed by atoms with Gasteiger partial charge in [-0.1, -0.05) is 48.5 Å². The molecule has 0 saturated carbocycles. The molecule has 0 bridgehead atoms. The third-order valence-corrected chi connectivity index (χ3v) is 2.75. The Labute approximate surface area is 120 Å². The van der Waals surface area contributed by atoms with Gasteiger partial charge in [-0.15, -0.1) is 0 Å². The molecule has 1 N–H and O–H groups in total. The second kappa shape index (κ2) is 6.47. The molecular formula is C16H12O5. The molecule has 5 heteroatoms. The number of carboxylic acids is 1. The van der Waals surface area contributed by atoms with E-state index in [1.54, 1.807) is 42.5 Å². The van der Waals surface area contributed by atoms with Crippen molar-refractivity contribution in [3.8, 4) is 0 Å². The molecule has 0 amide bonds. The van der Waals surface area contributed by atoms with E-state index >= 15 is 0 Å². The fourth-order valence-corrected chi connectivity index (χ4v) is 1.81. The summed E-state index contributed by atoms with van der Waals surface area (Å²) in [4.78, 5) is 34.7. The van der Waals surface area contributed by atoms with Gasteiger partial charge in [0.2, 0.25) is 0 Å². The van der Waals surface area contributed by atoms with Crippen molar-refractivity contribution in [1.82, 2.24) is 0 Å². The Morgan fingerprint density at radius 2 is 1.43 bits per heavy atom. The lowest BCUT2D eigenvalue weighted by Gasteiger charge is -2.08. The lowest BCUT2D eigenvalue weighted by atomic mass is 9.98. The van der Waals surface area contributed by atoms with Gasteiger partial charge in [-0.25, -0.2) is 9.59 Å². The topological polar surface area (TPSA) is 80.7 Å². The second-order valence-corrected chi connectivity index (χ2v) is 4.21. The third kappa shape index (κ3) is 3.54. The molecule has 2 rings (SSSR count). The smallest absolute Gasteiger partial charge is 0.341 e. The number of carbonyl (C=O) groups excluding carboxylic acids is 2. The Balaban J connectivity index is 2.31. The molecule has 0 atom stereocenters. The second-order valence-electron chi connectivity index (χ2n) is 4.21. The summed E-state index contributed by atoms with van der Waals surface area (Å²) in [5, 5.41) is 8.52. The third-order valence-electron chi connectivity index (χ3n) is 2.75. The highest BCUT2D eigenvalue weighted by molar-refractivity contribution is 6.14. The van der Waals surface area contributed by atoms with Gasteiger partial charge in [0, 0.05) is 11.1 Å². The van der Waals surface area contributed by atoms with E-state index in [1.807, 2.05) is 0 Å².